The summed E-state index contributed by atoms with van der Waals surface area (Å²) in [6.45, 7) is 0. The van der Waals surface area contributed by atoms with E-state index in [2.05, 4.69) is 5.32 Å². The SMILES string of the molecule is O=C(Nc1cccc(Cl)c1F)[C@H](Oc1ccccc1)c1ccccc1. The van der Waals surface area contributed by atoms with Crippen LogP contribution in [0.1, 0.15) is 11.7 Å². The Balaban J connectivity index is 1.88. The van der Waals surface area contributed by atoms with E-state index in [-0.39, 0.29) is 10.7 Å². The predicted octanol–water partition coefficient (Wildman–Crippen LogP) is 5.24. The number of carbonyl (C=O) groups is 1. The second-order valence-electron chi connectivity index (χ2n) is 5.31. The third-order valence-corrected chi connectivity index (χ3v) is 3.84. The summed E-state index contributed by atoms with van der Waals surface area (Å²) in [5.41, 5.74) is 0.668. The van der Waals surface area contributed by atoms with Crippen molar-refractivity contribution in [1.82, 2.24) is 0 Å². The van der Waals surface area contributed by atoms with Gasteiger partial charge in [-0.1, -0.05) is 66.2 Å². The van der Waals surface area contributed by atoms with Gasteiger partial charge in [0.05, 0.1) is 10.7 Å². The van der Waals surface area contributed by atoms with Gasteiger partial charge < -0.3 is 10.1 Å². The standard InChI is InChI=1S/C20H15ClFNO2/c21-16-12-7-13-17(18(16)22)23-20(24)19(14-8-3-1-4-9-14)25-15-10-5-2-6-11-15/h1-13,19H,(H,23,24)/t19-/m1/s1. The first kappa shape index (κ1) is 17.0. The van der Waals surface area contributed by atoms with Crippen molar-refractivity contribution in [1.29, 1.82) is 0 Å². The molecule has 3 aromatic carbocycles. The minimum Gasteiger partial charge on any atom is -0.476 e. The van der Waals surface area contributed by atoms with E-state index in [4.69, 9.17) is 16.3 Å². The van der Waals surface area contributed by atoms with Gasteiger partial charge in [0.1, 0.15) is 5.75 Å². The molecule has 0 heterocycles. The maximum atomic E-state index is 14.1. The summed E-state index contributed by atoms with van der Waals surface area (Å²) in [6, 6.07) is 22.4. The number of para-hydroxylation sites is 1. The quantitative estimate of drug-likeness (QED) is 0.679. The number of anilines is 1. The van der Waals surface area contributed by atoms with Crippen LogP contribution in [0.5, 0.6) is 5.75 Å². The normalized spacial score (nSPS) is 11.6. The maximum absolute atomic E-state index is 14.1. The first-order valence-electron chi connectivity index (χ1n) is 7.66. The highest BCUT2D eigenvalue weighted by Crippen LogP contribution is 2.26. The Morgan fingerprint density at radius 3 is 2.24 bits per heavy atom. The molecule has 3 nitrogen and oxygen atoms in total. The second-order valence-corrected chi connectivity index (χ2v) is 5.72. The third-order valence-electron chi connectivity index (χ3n) is 3.55. The number of benzene rings is 3. The van der Waals surface area contributed by atoms with Crippen LogP contribution >= 0.6 is 11.6 Å². The molecular formula is C20H15ClFNO2. The molecule has 0 fully saturated rings. The number of amides is 1. The number of rotatable bonds is 5. The van der Waals surface area contributed by atoms with E-state index in [1.54, 1.807) is 30.3 Å². The average molecular weight is 356 g/mol. The molecule has 1 N–H and O–H groups in total. The summed E-state index contributed by atoms with van der Waals surface area (Å²) in [7, 11) is 0. The van der Waals surface area contributed by atoms with Crippen LogP contribution in [0.3, 0.4) is 0 Å². The van der Waals surface area contributed by atoms with Crippen LogP contribution in [0.15, 0.2) is 78.9 Å². The summed E-state index contributed by atoms with van der Waals surface area (Å²) < 4.78 is 19.9. The fourth-order valence-electron chi connectivity index (χ4n) is 2.33. The van der Waals surface area contributed by atoms with Crippen LogP contribution in [0.4, 0.5) is 10.1 Å². The Kier molecular flexibility index (Phi) is 5.31. The molecule has 0 aromatic heterocycles. The van der Waals surface area contributed by atoms with Crippen molar-refractivity contribution in [2.24, 2.45) is 0 Å². The lowest BCUT2D eigenvalue weighted by Gasteiger charge is -2.19. The molecule has 0 saturated heterocycles. The minimum absolute atomic E-state index is 0.00935. The molecule has 1 atom stereocenters. The second kappa shape index (κ2) is 7.81. The zero-order valence-electron chi connectivity index (χ0n) is 13.2. The van der Waals surface area contributed by atoms with E-state index in [1.807, 2.05) is 36.4 Å². The number of nitrogens with one attached hydrogen (secondary N) is 1. The first-order valence-corrected chi connectivity index (χ1v) is 8.04. The van der Waals surface area contributed by atoms with E-state index in [0.29, 0.717) is 11.3 Å². The molecule has 0 spiro atoms. The van der Waals surface area contributed by atoms with Crippen LogP contribution in [0.25, 0.3) is 0 Å². The molecule has 25 heavy (non-hydrogen) atoms. The van der Waals surface area contributed by atoms with Gasteiger partial charge in [0.2, 0.25) is 6.10 Å². The first-order chi connectivity index (χ1) is 12.1. The Morgan fingerprint density at radius 2 is 1.56 bits per heavy atom. The molecule has 1 amide bonds. The van der Waals surface area contributed by atoms with E-state index in [9.17, 15) is 9.18 Å². The smallest absolute Gasteiger partial charge is 0.270 e. The zero-order valence-corrected chi connectivity index (χ0v) is 13.9. The van der Waals surface area contributed by atoms with Crippen molar-refractivity contribution in [3.63, 3.8) is 0 Å². The summed E-state index contributed by atoms with van der Waals surface area (Å²) in [6.07, 6.45) is -0.929. The Hall–Kier alpha value is -2.85. The molecule has 0 saturated carbocycles. The van der Waals surface area contributed by atoms with Gasteiger partial charge in [-0.25, -0.2) is 4.39 Å². The maximum Gasteiger partial charge on any atom is 0.270 e. The van der Waals surface area contributed by atoms with Crippen molar-refractivity contribution in [2.75, 3.05) is 5.32 Å². The van der Waals surface area contributed by atoms with Gasteiger partial charge in [0.25, 0.3) is 5.91 Å². The van der Waals surface area contributed by atoms with Crippen molar-refractivity contribution in [2.45, 2.75) is 6.10 Å². The fourth-order valence-corrected chi connectivity index (χ4v) is 2.51. The van der Waals surface area contributed by atoms with Crippen LogP contribution in [-0.2, 0) is 4.79 Å². The number of hydrogen-bond donors (Lipinski definition) is 1. The van der Waals surface area contributed by atoms with Crippen molar-refractivity contribution in [3.8, 4) is 5.75 Å². The van der Waals surface area contributed by atoms with E-state index in [1.165, 1.54) is 12.1 Å². The van der Waals surface area contributed by atoms with Crippen molar-refractivity contribution < 1.29 is 13.9 Å². The monoisotopic (exact) mass is 355 g/mol. The molecule has 5 heteroatoms. The summed E-state index contributed by atoms with van der Waals surface area (Å²) in [5, 5.41) is 2.49. The Morgan fingerprint density at radius 1 is 0.920 bits per heavy atom. The highest BCUT2D eigenvalue weighted by atomic mass is 35.5. The molecular weight excluding hydrogens is 341 g/mol. The highest BCUT2D eigenvalue weighted by Gasteiger charge is 2.24. The zero-order chi connectivity index (χ0) is 17.6. The molecule has 0 aliphatic rings. The molecule has 3 rings (SSSR count). The molecule has 0 radical (unpaired) electrons. The molecule has 3 aromatic rings. The van der Waals surface area contributed by atoms with Crippen molar-refractivity contribution in [3.05, 3.63) is 95.3 Å². The van der Waals surface area contributed by atoms with Gasteiger partial charge in [-0.15, -0.1) is 0 Å². The van der Waals surface area contributed by atoms with Crippen LogP contribution in [0, 0.1) is 5.82 Å². The Labute approximate surface area is 150 Å². The molecule has 0 aliphatic heterocycles. The fraction of sp³-hybridized carbons (Fsp3) is 0.0500. The summed E-state index contributed by atoms with van der Waals surface area (Å²) >= 11 is 5.77. The largest absolute Gasteiger partial charge is 0.476 e. The van der Waals surface area contributed by atoms with Gasteiger partial charge in [0.15, 0.2) is 5.82 Å². The van der Waals surface area contributed by atoms with Gasteiger partial charge in [-0.3, -0.25) is 4.79 Å². The van der Waals surface area contributed by atoms with Gasteiger partial charge in [-0.2, -0.15) is 0 Å². The molecule has 0 bridgehead atoms. The highest BCUT2D eigenvalue weighted by molar-refractivity contribution is 6.31. The summed E-state index contributed by atoms with van der Waals surface area (Å²) in [4.78, 5) is 12.7. The number of halogens is 2. The number of ether oxygens (including phenoxy) is 1. The Bertz CT molecular complexity index is 856. The van der Waals surface area contributed by atoms with Crippen LogP contribution in [0.2, 0.25) is 5.02 Å². The van der Waals surface area contributed by atoms with E-state index in [0.717, 1.165) is 0 Å². The van der Waals surface area contributed by atoms with E-state index >= 15 is 0 Å². The number of hydrogen-bond acceptors (Lipinski definition) is 2. The summed E-state index contributed by atoms with van der Waals surface area (Å²) in [5.74, 6) is -0.627. The minimum atomic E-state index is -0.929. The topological polar surface area (TPSA) is 38.3 Å². The van der Waals surface area contributed by atoms with Crippen LogP contribution < -0.4 is 10.1 Å². The molecule has 126 valence electrons. The molecule has 0 unspecified atom stereocenters. The van der Waals surface area contributed by atoms with Crippen molar-refractivity contribution >= 4 is 23.2 Å². The average Bonchev–Trinajstić information content (AvgIpc) is 2.65. The molecule has 0 aliphatic carbocycles. The predicted molar refractivity (Wildman–Crippen MR) is 96.3 cm³/mol. The third kappa shape index (κ3) is 4.17. The number of carbonyl (C=O) groups excluding carboxylic acids is 1. The van der Waals surface area contributed by atoms with Gasteiger partial charge >= 0.3 is 0 Å². The van der Waals surface area contributed by atoms with E-state index < -0.39 is 17.8 Å². The lowest BCUT2D eigenvalue weighted by molar-refractivity contribution is -0.123. The van der Waals surface area contributed by atoms with Gasteiger partial charge in [0, 0.05) is 5.56 Å². The lowest BCUT2D eigenvalue weighted by Crippen LogP contribution is -2.26. The van der Waals surface area contributed by atoms with Gasteiger partial charge in [-0.05, 0) is 24.3 Å². The lowest BCUT2D eigenvalue weighted by atomic mass is 10.1. The van der Waals surface area contributed by atoms with Crippen LogP contribution in [-0.4, -0.2) is 5.91 Å².